The van der Waals surface area contributed by atoms with E-state index in [0.717, 1.165) is 5.69 Å². The molecule has 1 aromatic carbocycles. The largest absolute Gasteiger partial charge is 0.365 e. The molecule has 1 N–H and O–H groups in total. The summed E-state index contributed by atoms with van der Waals surface area (Å²) < 4.78 is 32.7. The van der Waals surface area contributed by atoms with Crippen molar-refractivity contribution in [3.8, 4) is 0 Å². The summed E-state index contributed by atoms with van der Waals surface area (Å²) in [5.41, 5.74) is 1.11. The maximum atomic E-state index is 11.6. The van der Waals surface area contributed by atoms with E-state index < -0.39 is 10.1 Å². The van der Waals surface area contributed by atoms with Crippen molar-refractivity contribution in [1.82, 2.24) is 0 Å². The highest BCUT2D eigenvalue weighted by atomic mass is 32.2. The van der Waals surface area contributed by atoms with E-state index in [2.05, 4.69) is 46.4 Å². The molecule has 6 unspecified atom stereocenters. The lowest BCUT2D eigenvalue weighted by Crippen LogP contribution is -2.55. The Kier molecular flexibility index (Phi) is 7.79. The molecule has 176 valence electrons. The third kappa shape index (κ3) is 5.65. The van der Waals surface area contributed by atoms with Gasteiger partial charge in [-0.3, -0.25) is 4.55 Å². The molecular weight excluding hydrogens is 406 g/mol. The van der Waals surface area contributed by atoms with Crippen molar-refractivity contribution in [2.75, 3.05) is 4.90 Å². The van der Waals surface area contributed by atoms with E-state index in [9.17, 15) is 13.0 Å². The summed E-state index contributed by atoms with van der Waals surface area (Å²) in [5, 5.41) is 0. The standard InChI is InChI=1S/C26H43NO3S/c1-17(2)23-13-7-19(5)15-25(23)27(21-9-11-22(12-10-21)31(28,29)30)26-16-20(6)8-14-24(26)18(3)4/h9-12,17-20,23-26H,7-8,13-16H2,1-6H3,(H,28,29,30). The van der Waals surface area contributed by atoms with E-state index in [0.29, 0.717) is 47.6 Å². The zero-order valence-electron chi connectivity index (χ0n) is 20.3. The van der Waals surface area contributed by atoms with E-state index >= 15 is 0 Å². The zero-order chi connectivity index (χ0) is 22.9. The Morgan fingerprint density at radius 1 is 0.806 bits per heavy atom. The molecule has 0 aromatic heterocycles. The zero-order valence-corrected chi connectivity index (χ0v) is 21.1. The molecule has 2 saturated carbocycles. The van der Waals surface area contributed by atoms with Gasteiger partial charge in [-0.1, -0.05) is 54.4 Å². The number of hydrogen-bond acceptors (Lipinski definition) is 3. The first kappa shape index (κ1) is 24.6. The Bertz CT molecular complexity index is 786. The quantitative estimate of drug-likeness (QED) is 0.493. The van der Waals surface area contributed by atoms with Crippen LogP contribution >= 0.6 is 0 Å². The summed E-state index contributed by atoms with van der Waals surface area (Å²) in [7, 11) is -4.18. The average Bonchev–Trinajstić information content (AvgIpc) is 2.67. The monoisotopic (exact) mass is 449 g/mol. The van der Waals surface area contributed by atoms with Gasteiger partial charge in [0.2, 0.25) is 0 Å². The van der Waals surface area contributed by atoms with E-state index in [1.54, 1.807) is 12.1 Å². The average molecular weight is 450 g/mol. The highest BCUT2D eigenvalue weighted by Gasteiger charge is 2.42. The van der Waals surface area contributed by atoms with Crippen LogP contribution in [0.25, 0.3) is 0 Å². The molecule has 0 saturated heterocycles. The van der Waals surface area contributed by atoms with Gasteiger partial charge in [0, 0.05) is 17.8 Å². The van der Waals surface area contributed by atoms with Gasteiger partial charge < -0.3 is 4.90 Å². The third-order valence-corrected chi connectivity index (χ3v) is 8.99. The van der Waals surface area contributed by atoms with Crippen LogP contribution < -0.4 is 4.90 Å². The number of anilines is 1. The van der Waals surface area contributed by atoms with Crippen molar-refractivity contribution >= 4 is 15.8 Å². The van der Waals surface area contributed by atoms with Crippen molar-refractivity contribution in [1.29, 1.82) is 0 Å². The van der Waals surface area contributed by atoms with Crippen LogP contribution in [0.15, 0.2) is 29.2 Å². The first-order valence-corrected chi connectivity index (χ1v) is 13.8. The van der Waals surface area contributed by atoms with Crippen LogP contribution in [0.1, 0.15) is 80.1 Å². The third-order valence-electron chi connectivity index (χ3n) is 8.12. The fourth-order valence-corrected chi connectivity index (χ4v) is 6.84. The second-order valence-electron chi connectivity index (χ2n) is 11.2. The number of rotatable bonds is 6. The molecule has 0 bridgehead atoms. The van der Waals surface area contributed by atoms with Gasteiger partial charge in [0.05, 0.1) is 4.90 Å². The maximum absolute atomic E-state index is 11.6. The van der Waals surface area contributed by atoms with Crippen molar-refractivity contribution in [3.63, 3.8) is 0 Å². The van der Waals surface area contributed by atoms with E-state index in [-0.39, 0.29) is 4.90 Å². The molecule has 4 nitrogen and oxygen atoms in total. The van der Waals surface area contributed by atoms with Crippen LogP contribution in [-0.4, -0.2) is 25.1 Å². The second-order valence-corrected chi connectivity index (χ2v) is 12.6. The summed E-state index contributed by atoms with van der Waals surface area (Å²) >= 11 is 0. The van der Waals surface area contributed by atoms with Gasteiger partial charge >= 0.3 is 0 Å². The lowest BCUT2D eigenvalue weighted by molar-refractivity contribution is 0.136. The van der Waals surface area contributed by atoms with Gasteiger partial charge in [-0.2, -0.15) is 8.42 Å². The highest BCUT2D eigenvalue weighted by molar-refractivity contribution is 7.85. The van der Waals surface area contributed by atoms with Crippen molar-refractivity contribution < 1.29 is 13.0 Å². The number of benzene rings is 1. The molecule has 0 aliphatic heterocycles. The van der Waals surface area contributed by atoms with Gasteiger partial charge in [-0.25, -0.2) is 0 Å². The molecule has 1 aromatic rings. The molecule has 0 radical (unpaired) electrons. The molecule has 6 atom stereocenters. The summed E-state index contributed by atoms with van der Waals surface area (Å²) in [6.45, 7) is 14.2. The summed E-state index contributed by atoms with van der Waals surface area (Å²) in [4.78, 5) is 2.68. The second kappa shape index (κ2) is 9.82. The summed E-state index contributed by atoms with van der Waals surface area (Å²) in [6, 6.07) is 7.94. The molecule has 2 aliphatic rings. The summed E-state index contributed by atoms with van der Waals surface area (Å²) in [6.07, 6.45) is 7.50. The summed E-state index contributed by atoms with van der Waals surface area (Å²) in [5.74, 6) is 3.94. The smallest absolute Gasteiger partial charge is 0.294 e. The predicted octanol–water partition coefficient (Wildman–Crippen LogP) is 6.66. The van der Waals surface area contributed by atoms with Gasteiger partial charge in [-0.05, 0) is 85.5 Å². The van der Waals surface area contributed by atoms with Crippen LogP contribution in [-0.2, 0) is 10.1 Å². The van der Waals surface area contributed by atoms with E-state index in [1.807, 2.05) is 12.1 Å². The Hall–Kier alpha value is -1.07. The Labute approximate surface area is 190 Å². The molecule has 2 aliphatic carbocycles. The lowest BCUT2D eigenvalue weighted by atomic mass is 9.69. The van der Waals surface area contributed by atoms with Crippen LogP contribution in [0, 0.1) is 35.5 Å². The Morgan fingerprint density at radius 3 is 1.58 bits per heavy atom. The molecule has 0 amide bonds. The van der Waals surface area contributed by atoms with Gasteiger partial charge in [0.1, 0.15) is 0 Å². The minimum atomic E-state index is -4.18. The van der Waals surface area contributed by atoms with Gasteiger partial charge in [0.15, 0.2) is 0 Å². The lowest BCUT2D eigenvalue weighted by Gasteiger charge is -2.53. The van der Waals surface area contributed by atoms with Crippen LogP contribution in [0.2, 0.25) is 0 Å². The van der Waals surface area contributed by atoms with Crippen LogP contribution in [0.4, 0.5) is 5.69 Å². The van der Waals surface area contributed by atoms with Crippen molar-refractivity contribution in [2.45, 2.75) is 97.0 Å². The van der Waals surface area contributed by atoms with Crippen molar-refractivity contribution in [2.24, 2.45) is 35.5 Å². The molecule has 0 spiro atoms. The minimum Gasteiger partial charge on any atom is -0.365 e. The Balaban J connectivity index is 2.08. The topological polar surface area (TPSA) is 57.6 Å². The Morgan fingerprint density at radius 2 is 1.23 bits per heavy atom. The molecule has 31 heavy (non-hydrogen) atoms. The van der Waals surface area contributed by atoms with E-state index in [1.165, 1.54) is 38.5 Å². The molecule has 2 fully saturated rings. The molecular formula is C26H43NO3S. The highest BCUT2D eigenvalue weighted by Crippen LogP contribution is 2.45. The van der Waals surface area contributed by atoms with Crippen LogP contribution in [0.5, 0.6) is 0 Å². The fraction of sp³-hybridized carbons (Fsp3) is 0.769. The normalized spacial score (nSPS) is 32.4. The minimum absolute atomic E-state index is 0.0222. The first-order valence-electron chi connectivity index (χ1n) is 12.3. The van der Waals surface area contributed by atoms with E-state index in [4.69, 9.17) is 0 Å². The number of hydrogen-bond donors (Lipinski definition) is 1. The van der Waals surface area contributed by atoms with Gasteiger partial charge in [0.25, 0.3) is 10.1 Å². The van der Waals surface area contributed by atoms with Gasteiger partial charge in [-0.15, -0.1) is 0 Å². The SMILES string of the molecule is CC1CCC(C(C)C)C(N(c2ccc(S(=O)(=O)O)cc2)C2CC(C)CCC2C(C)C)C1. The van der Waals surface area contributed by atoms with Crippen LogP contribution in [0.3, 0.4) is 0 Å². The molecule has 5 heteroatoms. The van der Waals surface area contributed by atoms with Crippen molar-refractivity contribution in [3.05, 3.63) is 24.3 Å². The molecule has 0 heterocycles. The number of nitrogens with zero attached hydrogens (tertiary/aromatic N) is 1. The first-order chi connectivity index (χ1) is 14.5. The molecule has 3 rings (SSSR count). The maximum Gasteiger partial charge on any atom is 0.294 e. The fourth-order valence-electron chi connectivity index (χ4n) is 6.36. The predicted molar refractivity (Wildman–Crippen MR) is 129 cm³/mol.